The van der Waals surface area contributed by atoms with Crippen molar-refractivity contribution in [2.45, 2.75) is 31.5 Å². The fourth-order valence-corrected chi connectivity index (χ4v) is 3.94. The first kappa shape index (κ1) is 21.7. The fraction of sp³-hybridized carbons (Fsp3) is 0.269. The zero-order chi connectivity index (χ0) is 22.2. The van der Waals surface area contributed by atoms with Gasteiger partial charge >= 0.3 is 0 Å². The summed E-state index contributed by atoms with van der Waals surface area (Å²) in [7, 11) is 0. The SMILES string of the molecule is O=C(NCc1ccccc1)C(c1ccccc1)N(CC1CCCO1)C(=O)c1ccccn1. The number of nitrogens with one attached hydrogen (secondary N) is 1. The number of hydrogen-bond acceptors (Lipinski definition) is 4. The van der Waals surface area contributed by atoms with Crippen molar-refractivity contribution in [3.8, 4) is 0 Å². The molecule has 0 spiro atoms. The maximum absolute atomic E-state index is 13.6. The van der Waals surface area contributed by atoms with E-state index in [2.05, 4.69) is 10.3 Å². The number of carbonyl (C=O) groups is 2. The van der Waals surface area contributed by atoms with Crippen molar-refractivity contribution < 1.29 is 14.3 Å². The molecule has 164 valence electrons. The van der Waals surface area contributed by atoms with Gasteiger partial charge in [0.05, 0.1) is 6.10 Å². The fourth-order valence-electron chi connectivity index (χ4n) is 3.94. The highest BCUT2D eigenvalue weighted by Crippen LogP contribution is 2.26. The maximum atomic E-state index is 13.6. The summed E-state index contributed by atoms with van der Waals surface area (Å²) in [5.74, 6) is -0.521. The van der Waals surface area contributed by atoms with Crippen molar-refractivity contribution in [3.05, 3.63) is 102 Å². The quantitative estimate of drug-likeness (QED) is 0.592. The van der Waals surface area contributed by atoms with Crippen LogP contribution in [-0.2, 0) is 16.1 Å². The van der Waals surface area contributed by atoms with Crippen LogP contribution in [0.3, 0.4) is 0 Å². The van der Waals surface area contributed by atoms with Gasteiger partial charge in [-0.2, -0.15) is 0 Å². The van der Waals surface area contributed by atoms with Crippen molar-refractivity contribution >= 4 is 11.8 Å². The summed E-state index contributed by atoms with van der Waals surface area (Å²) in [4.78, 5) is 32.9. The molecule has 2 amide bonds. The Labute approximate surface area is 188 Å². The minimum atomic E-state index is -0.793. The lowest BCUT2D eigenvalue weighted by Gasteiger charge is -2.33. The number of carbonyl (C=O) groups excluding carboxylic acids is 2. The van der Waals surface area contributed by atoms with Crippen LogP contribution in [0.15, 0.2) is 85.1 Å². The van der Waals surface area contributed by atoms with Crippen molar-refractivity contribution in [1.82, 2.24) is 15.2 Å². The van der Waals surface area contributed by atoms with Gasteiger partial charge in [-0.1, -0.05) is 66.7 Å². The first-order valence-electron chi connectivity index (χ1n) is 10.9. The smallest absolute Gasteiger partial charge is 0.273 e. The number of benzene rings is 2. The molecule has 0 saturated carbocycles. The molecule has 1 aliphatic rings. The Bertz CT molecular complexity index is 1010. The molecule has 6 heteroatoms. The number of amides is 2. The van der Waals surface area contributed by atoms with E-state index in [1.54, 1.807) is 29.3 Å². The van der Waals surface area contributed by atoms with E-state index in [1.165, 1.54) is 0 Å². The van der Waals surface area contributed by atoms with Gasteiger partial charge in [-0.05, 0) is 36.1 Å². The molecule has 0 radical (unpaired) electrons. The molecule has 2 heterocycles. The number of ether oxygens (including phenoxy) is 1. The second-order valence-corrected chi connectivity index (χ2v) is 7.82. The zero-order valence-corrected chi connectivity index (χ0v) is 17.9. The molecule has 1 aliphatic heterocycles. The molecule has 0 bridgehead atoms. The summed E-state index contributed by atoms with van der Waals surface area (Å²) >= 11 is 0. The lowest BCUT2D eigenvalue weighted by Crippen LogP contribution is -2.46. The Morgan fingerprint density at radius 3 is 2.38 bits per heavy atom. The Morgan fingerprint density at radius 2 is 1.72 bits per heavy atom. The zero-order valence-electron chi connectivity index (χ0n) is 17.9. The van der Waals surface area contributed by atoms with Gasteiger partial charge in [0.2, 0.25) is 5.91 Å². The van der Waals surface area contributed by atoms with E-state index in [0.29, 0.717) is 25.4 Å². The summed E-state index contributed by atoms with van der Waals surface area (Å²) in [6.45, 7) is 1.38. The van der Waals surface area contributed by atoms with Crippen LogP contribution >= 0.6 is 0 Å². The second-order valence-electron chi connectivity index (χ2n) is 7.82. The first-order valence-corrected chi connectivity index (χ1v) is 10.9. The third-order valence-electron chi connectivity index (χ3n) is 5.55. The number of aromatic nitrogens is 1. The van der Waals surface area contributed by atoms with Crippen molar-refractivity contribution in [2.24, 2.45) is 0 Å². The topological polar surface area (TPSA) is 71.5 Å². The Hall–Kier alpha value is -3.51. The van der Waals surface area contributed by atoms with Gasteiger partial charge in [-0.3, -0.25) is 14.6 Å². The average Bonchev–Trinajstić information content (AvgIpc) is 3.37. The van der Waals surface area contributed by atoms with Crippen molar-refractivity contribution in [3.63, 3.8) is 0 Å². The molecule has 32 heavy (non-hydrogen) atoms. The van der Waals surface area contributed by atoms with E-state index in [4.69, 9.17) is 4.74 Å². The molecule has 1 N–H and O–H groups in total. The van der Waals surface area contributed by atoms with Crippen LogP contribution in [0.4, 0.5) is 0 Å². The number of nitrogens with zero attached hydrogens (tertiary/aromatic N) is 2. The number of hydrogen-bond donors (Lipinski definition) is 1. The Kier molecular flexibility index (Phi) is 7.25. The third kappa shape index (κ3) is 5.39. The molecular formula is C26H27N3O3. The Balaban J connectivity index is 1.65. The van der Waals surface area contributed by atoms with Gasteiger partial charge in [0.25, 0.3) is 5.91 Å². The van der Waals surface area contributed by atoms with Crippen LogP contribution in [-0.4, -0.2) is 41.0 Å². The second kappa shape index (κ2) is 10.7. The maximum Gasteiger partial charge on any atom is 0.273 e. The molecule has 0 aliphatic carbocycles. The molecule has 6 nitrogen and oxygen atoms in total. The molecule has 3 aromatic rings. The lowest BCUT2D eigenvalue weighted by atomic mass is 10.0. The van der Waals surface area contributed by atoms with Crippen molar-refractivity contribution in [1.29, 1.82) is 0 Å². The van der Waals surface area contributed by atoms with E-state index in [1.807, 2.05) is 60.7 Å². The van der Waals surface area contributed by atoms with Crippen LogP contribution in [0.25, 0.3) is 0 Å². The number of pyridine rings is 1. The van der Waals surface area contributed by atoms with Crippen LogP contribution in [0.2, 0.25) is 0 Å². The summed E-state index contributed by atoms with van der Waals surface area (Å²) in [5.41, 5.74) is 2.05. The summed E-state index contributed by atoms with van der Waals surface area (Å²) in [6, 6.07) is 23.6. The summed E-state index contributed by atoms with van der Waals surface area (Å²) in [5, 5.41) is 3.02. The average molecular weight is 430 g/mol. The minimum Gasteiger partial charge on any atom is -0.376 e. The highest BCUT2D eigenvalue weighted by Gasteiger charge is 2.35. The van der Waals surface area contributed by atoms with E-state index >= 15 is 0 Å². The van der Waals surface area contributed by atoms with Gasteiger partial charge in [0.15, 0.2) is 0 Å². The third-order valence-corrected chi connectivity index (χ3v) is 5.55. The molecule has 2 atom stereocenters. The largest absolute Gasteiger partial charge is 0.376 e. The van der Waals surface area contributed by atoms with Crippen molar-refractivity contribution in [2.75, 3.05) is 13.2 Å². The van der Waals surface area contributed by atoms with E-state index < -0.39 is 6.04 Å². The molecule has 2 aromatic carbocycles. The van der Waals surface area contributed by atoms with Gasteiger partial charge in [0.1, 0.15) is 11.7 Å². The van der Waals surface area contributed by atoms with Gasteiger partial charge < -0.3 is 15.0 Å². The predicted molar refractivity (Wildman–Crippen MR) is 122 cm³/mol. The summed E-state index contributed by atoms with van der Waals surface area (Å²) < 4.78 is 5.82. The first-order chi connectivity index (χ1) is 15.7. The van der Waals surface area contributed by atoms with Crippen LogP contribution < -0.4 is 5.32 Å². The Morgan fingerprint density at radius 1 is 1.00 bits per heavy atom. The monoisotopic (exact) mass is 429 g/mol. The highest BCUT2D eigenvalue weighted by molar-refractivity contribution is 5.96. The van der Waals surface area contributed by atoms with Crippen LogP contribution in [0, 0.1) is 0 Å². The molecule has 1 saturated heterocycles. The standard InChI is InChI=1S/C26H27N3O3/c30-25(28-18-20-10-3-1-4-11-20)24(21-12-5-2-6-13-21)29(19-22-14-9-17-32-22)26(31)23-15-7-8-16-27-23/h1-8,10-13,15-16,22,24H,9,14,17-19H2,(H,28,30). The minimum absolute atomic E-state index is 0.101. The molecular weight excluding hydrogens is 402 g/mol. The molecule has 2 unspecified atom stereocenters. The van der Waals surface area contributed by atoms with E-state index in [-0.39, 0.29) is 17.9 Å². The van der Waals surface area contributed by atoms with E-state index in [0.717, 1.165) is 24.0 Å². The number of rotatable bonds is 8. The predicted octanol–water partition coefficient (Wildman–Crippen LogP) is 3.76. The van der Waals surface area contributed by atoms with Crippen LogP contribution in [0.5, 0.6) is 0 Å². The van der Waals surface area contributed by atoms with E-state index in [9.17, 15) is 9.59 Å². The van der Waals surface area contributed by atoms with Crippen LogP contribution in [0.1, 0.15) is 40.5 Å². The molecule has 1 aromatic heterocycles. The van der Waals surface area contributed by atoms with Gasteiger partial charge in [-0.25, -0.2) is 0 Å². The lowest BCUT2D eigenvalue weighted by molar-refractivity contribution is -0.126. The molecule has 1 fully saturated rings. The normalized spacial score (nSPS) is 16.3. The highest BCUT2D eigenvalue weighted by atomic mass is 16.5. The summed E-state index contributed by atoms with van der Waals surface area (Å²) in [6.07, 6.45) is 3.30. The van der Waals surface area contributed by atoms with Gasteiger partial charge in [-0.15, -0.1) is 0 Å². The molecule has 4 rings (SSSR count). The van der Waals surface area contributed by atoms with Gasteiger partial charge in [0, 0.05) is 25.9 Å².